The molecule has 1 aromatic rings. The van der Waals surface area contributed by atoms with Gasteiger partial charge >= 0.3 is 0 Å². The molecule has 1 aliphatic rings. The summed E-state index contributed by atoms with van der Waals surface area (Å²) in [6.07, 6.45) is 2.51. The van der Waals surface area contributed by atoms with Gasteiger partial charge in [0.2, 0.25) is 5.91 Å². The molecule has 110 valence electrons. The molecule has 2 rings (SSSR count). The Morgan fingerprint density at radius 1 is 1.50 bits per heavy atom. The van der Waals surface area contributed by atoms with E-state index in [0.717, 1.165) is 0 Å². The summed E-state index contributed by atoms with van der Waals surface area (Å²) < 4.78 is 10.3. The number of carbonyl (C=O) groups is 1. The predicted molar refractivity (Wildman–Crippen MR) is 71.7 cm³/mol. The second kappa shape index (κ2) is 6.69. The summed E-state index contributed by atoms with van der Waals surface area (Å²) >= 11 is 0. The number of carbonyl (C=O) groups excluding carboxylic acids is 1. The number of rotatable bonds is 4. The second-order valence-corrected chi connectivity index (χ2v) is 4.64. The van der Waals surface area contributed by atoms with Crippen molar-refractivity contribution in [2.24, 2.45) is 0 Å². The maximum atomic E-state index is 12.2. The van der Waals surface area contributed by atoms with Crippen molar-refractivity contribution in [2.75, 3.05) is 19.8 Å². The summed E-state index contributed by atoms with van der Waals surface area (Å²) in [5.74, 6) is 0.320. The van der Waals surface area contributed by atoms with Gasteiger partial charge in [0, 0.05) is 12.6 Å². The van der Waals surface area contributed by atoms with Gasteiger partial charge in [0.1, 0.15) is 18.0 Å². The fourth-order valence-electron chi connectivity index (χ4n) is 2.23. The molecule has 1 amide bonds. The van der Waals surface area contributed by atoms with E-state index in [0.29, 0.717) is 12.3 Å². The van der Waals surface area contributed by atoms with Crippen LogP contribution in [0.3, 0.4) is 0 Å². The number of aliphatic hydroxyl groups is 2. The Morgan fingerprint density at radius 2 is 2.30 bits per heavy atom. The monoisotopic (exact) mass is 281 g/mol. The highest BCUT2D eigenvalue weighted by atomic mass is 16.5. The van der Waals surface area contributed by atoms with E-state index in [1.807, 2.05) is 6.92 Å². The first-order chi connectivity index (χ1) is 9.63. The van der Waals surface area contributed by atoms with E-state index in [1.54, 1.807) is 18.2 Å². The quantitative estimate of drug-likeness (QED) is 0.774. The van der Waals surface area contributed by atoms with Crippen molar-refractivity contribution >= 4 is 12.0 Å². The number of hydrogen-bond acceptors (Lipinski definition) is 5. The summed E-state index contributed by atoms with van der Waals surface area (Å²) in [6.45, 7) is 2.53. The van der Waals surface area contributed by atoms with E-state index in [4.69, 9.17) is 9.15 Å². The predicted octanol–water partition coefficient (Wildman–Crippen LogP) is 0.262. The van der Waals surface area contributed by atoms with Gasteiger partial charge in [0.15, 0.2) is 0 Å². The van der Waals surface area contributed by atoms with Crippen molar-refractivity contribution in [3.63, 3.8) is 0 Å². The number of likely N-dealkylation sites (N-methyl/N-ethyl adjacent to an activating group) is 1. The fourth-order valence-corrected chi connectivity index (χ4v) is 2.23. The van der Waals surface area contributed by atoms with Crippen LogP contribution in [0.1, 0.15) is 12.7 Å². The lowest BCUT2D eigenvalue weighted by molar-refractivity contribution is -0.151. The van der Waals surface area contributed by atoms with E-state index >= 15 is 0 Å². The molecular formula is C14H19NO5. The van der Waals surface area contributed by atoms with Crippen molar-refractivity contribution in [3.05, 3.63) is 30.2 Å². The van der Waals surface area contributed by atoms with Crippen LogP contribution >= 0.6 is 0 Å². The number of nitrogens with zero attached hydrogens (tertiary/aromatic N) is 1. The molecule has 0 unspecified atom stereocenters. The van der Waals surface area contributed by atoms with Gasteiger partial charge in [0.25, 0.3) is 0 Å². The minimum absolute atomic E-state index is 0.0889. The number of amides is 1. The Kier molecular flexibility index (Phi) is 4.94. The number of hydrogen-bond donors (Lipinski definition) is 2. The van der Waals surface area contributed by atoms with Crippen LogP contribution in [-0.4, -0.2) is 59.0 Å². The van der Waals surface area contributed by atoms with Gasteiger partial charge in [-0.15, -0.1) is 0 Å². The largest absolute Gasteiger partial charge is 0.465 e. The standard InChI is InChI=1S/C14H19NO5/c1-2-15(11-8-19-9-12(16)14(11)18)13(17)6-5-10-4-3-7-20-10/h3-7,11-12,14,16,18H,2,8-9H2,1H3/b6-5+/t11-,12-,14+/m1/s1. The van der Waals surface area contributed by atoms with E-state index in [1.165, 1.54) is 17.2 Å². The molecule has 0 aromatic carbocycles. The SMILES string of the molecule is CCN(C(=O)/C=C/c1ccco1)[C@@H]1COC[C@@H](O)[C@H]1O. The van der Waals surface area contributed by atoms with E-state index < -0.39 is 18.2 Å². The van der Waals surface area contributed by atoms with Crippen LogP contribution in [0.5, 0.6) is 0 Å². The maximum absolute atomic E-state index is 12.2. The normalized spacial score (nSPS) is 26.9. The molecule has 1 fully saturated rings. The Labute approximate surface area is 117 Å². The summed E-state index contributed by atoms with van der Waals surface area (Å²) in [4.78, 5) is 13.6. The zero-order valence-corrected chi connectivity index (χ0v) is 11.3. The van der Waals surface area contributed by atoms with Crippen LogP contribution in [0, 0.1) is 0 Å². The molecule has 2 N–H and O–H groups in total. The Balaban J connectivity index is 2.05. The molecule has 0 aliphatic carbocycles. The smallest absolute Gasteiger partial charge is 0.247 e. The van der Waals surface area contributed by atoms with Crippen LogP contribution in [0.4, 0.5) is 0 Å². The van der Waals surface area contributed by atoms with E-state index in [9.17, 15) is 15.0 Å². The van der Waals surface area contributed by atoms with Crippen molar-refractivity contribution in [1.82, 2.24) is 4.90 Å². The maximum Gasteiger partial charge on any atom is 0.247 e. The molecular weight excluding hydrogens is 262 g/mol. The Hall–Kier alpha value is -1.63. The number of furan rings is 1. The minimum atomic E-state index is -0.996. The molecule has 0 saturated carbocycles. The molecule has 2 heterocycles. The Morgan fingerprint density at radius 3 is 2.95 bits per heavy atom. The molecule has 6 heteroatoms. The van der Waals surface area contributed by atoms with Gasteiger partial charge < -0.3 is 24.3 Å². The van der Waals surface area contributed by atoms with Gasteiger partial charge in [-0.1, -0.05) is 0 Å². The highest BCUT2D eigenvalue weighted by Crippen LogP contribution is 2.16. The van der Waals surface area contributed by atoms with Crippen molar-refractivity contribution in [3.8, 4) is 0 Å². The van der Waals surface area contributed by atoms with Gasteiger partial charge in [0.05, 0.1) is 25.5 Å². The third-order valence-electron chi connectivity index (χ3n) is 3.32. The van der Waals surface area contributed by atoms with Gasteiger partial charge in [-0.05, 0) is 25.1 Å². The summed E-state index contributed by atoms with van der Waals surface area (Å²) in [5, 5.41) is 19.6. The third-order valence-corrected chi connectivity index (χ3v) is 3.32. The highest BCUT2D eigenvalue weighted by Gasteiger charge is 2.36. The molecule has 1 saturated heterocycles. The molecule has 1 aromatic heterocycles. The van der Waals surface area contributed by atoms with Crippen molar-refractivity contribution in [1.29, 1.82) is 0 Å². The molecule has 6 nitrogen and oxygen atoms in total. The van der Waals surface area contributed by atoms with Crippen LogP contribution in [0.25, 0.3) is 6.08 Å². The molecule has 1 aliphatic heterocycles. The van der Waals surface area contributed by atoms with Crippen LogP contribution in [0.2, 0.25) is 0 Å². The molecule has 0 bridgehead atoms. The first-order valence-electron chi connectivity index (χ1n) is 6.59. The first-order valence-corrected chi connectivity index (χ1v) is 6.59. The molecule has 3 atom stereocenters. The first kappa shape index (κ1) is 14.8. The van der Waals surface area contributed by atoms with E-state index in [2.05, 4.69) is 0 Å². The lowest BCUT2D eigenvalue weighted by Gasteiger charge is -2.38. The average molecular weight is 281 g/mol. The van der Waals surface area contributed by atoms with Crippen LogP contribution in [-0.2, 0) is 9.53 Å². The number of aliphatic hydroxyl groups excluding tert-OH is 2. The van der Waals surface area contributed by atoms with E-state index in [-0.39, 0.29) is 19.1 Å². The van der Waals surface area contributed by atoms with Gasteiger partial charge in [-0.3, -0.25) is 4.79 Å². The Bertz CT molecular complexity index is 456. The average Bonchev–Trinajstić information content (AvgIpc) is 2.95. The summed E-state index contributed by atoms with van der Waals surface area (Å²) in [6, 6.07) is 2.93. The topological polar surface area (TPSA) is 83.1 Å². The molecule has 0 radical (unpaired) electrons. The zero-order valence-electron chi connectivity index (χ0n) is 11.3. The lowest BCUT2D eigenvalue weighted by Crippen LogP contribution is -2.57. The molecule has 20 heavy (non-hydrogen) atoms. The van der Waals surface area contributed by atoms with Gasteiger partial charge in [-0.25, -0.2) is 0 Å². The number of ether oxygens (including phenoxy) is 1. The zero-order chi connectivity index (χ0) is 14.5. The molecule has 0 spiro atoms. The fraction of sp³-hybridized carbons (Fsp3) is 0.500. The second-order valence-electron chi connectivity index (χ2n) is 4.64. The third kappa shape index (κ3) is 3.27. The van der Waals surface area contributed by atoms with Crippen LogP contribution in [0.15, 0.2) is 28.9 Å². The lowest BCUT2D eigenvalue weighted by atomic mass is 10.0. The van der Waals surface area contributed by atoms with Crippen molar-refractivity contribution in [2.45, 2.75) is 25.2 Å². The van der Waals surface area contributed by atoms with Crippen molar-refractivity contribution < 1.29 is 24.2 Å². The van der Waals surface area contributed by atoms with Gasteiger partial charge in [-0.2, -0.15) is 0 Å². The minimum Gasteiger partial charge on any atom is -0.465 e. The summed E-state index contributed by atoms with van der Waals surface area (Å²) in [7, 11) is 0. The summed E-state index contributed by atoms with van der Waals surface area (Å²) in [5.41, 5.74) is 0. The highest BCUT2D eigenvalue weighted by molar-refractivity contribution is 5.91. The van der Waals surface area contributed by atoms with Crippen LogP contribution < -0.4 is 0 Å².